The van der Waals surface area contributed by atoms with Crippen molar-refractivity contribution in [2.75, 3.05) is 20.2 Å². The van der Waals surface area contributed by atoms with Crippen molar-refractivity contribution in [2.24, 2.45) is 0 Å². The monoisotopic (exact) mass is 311 g/mol. The summed E-state index contributed by atoms with van der Waals surface area (Å²) in [6.07, 6.45) is 3.97. The number of sulfonamides is 1. The number of nitrogens with zero attached hydrogens (tertiary/aromatic N) is 1. The highest BCUT2D eigenvalue weighted by Crippen LogP contribution is 2.32. The zero-order valence-electron chi connectivity index (χ0n) is 13.1. The Kier molecular flexibility index (Phi) is 5.27. The Labute approximate surface area is 128 Å². The van der Waals surface area contributed by atoms with Gasteiger partial charge in [-0.05, 0) is 48.9 Å². The second kappa shape index (κ2) is 6.79. The molecular weight excluding hydrogens is 286 g/mol. The van der Waals surface area contributed by atoms with Gasteiger partial charge in [0.05, 0.1) is 12.0 Å². The van der Waals surface area contributed by atoms with Crippen LogP contribution < -0.4 is 4.74 Å². The summed E-state index contributed by atoms with van der Waals surface area (Å²) in [6.45, 7) is 5.45. The third kappa shape index (κ3) is 3.40. The molecule has 0 spiro atoms. The third-order valence-electron chi connectivity index (χ3n) is 4.30. The minimum Gasteiger partial charge on any atom is -0.496 e. The van der Waals surface area contributed by atoms with Crippen molar-refractivity contribution in [1.82, 2.24) is 4.31 Å². The normalized spacial score (nSPS) is 18.4. The maximum atomic E-state index is 12.7. The van der Waals surface area contributed by atoms with E-state index in [1.807, 2.05) is 0 Å². The molecule has 4 nitrogen and oxygen atoms in total. The van der Waals surface area contributed by atoms with Gasteiger partial charge in [0.25, 0.3) is 0 Å². The lowest BCUT2D eigenvalue weighted by atomic mass is 9.98. The van der Waals surface area contributed by atoms with Gasteiger partial charge >= 0.3 is 0 Å². The Morgan fingerprint density at radius 1 is 1.24 bits per heavy atom. The van der Waals surface area contributed by atoms with Crippen molar-refractivity contribution in [2.45, 2.75) is 50.3 Å². The van der Waals surface area contributed by atoms with Crippen LogP contribution in [0.3, 0.4) is 0 Å². The molecule has 0 saturated carbocycles. The van der Waals surface area contributed by atoms with Gasteiger partial charge < -0.3 is 4.74 Å². The van der Waals surface area contributed by atoms with Crippen molar-refractivity contribution in [3.05, 3.63) is 23.8 Å². The van der Waals surface area contributed by atoms with Crippen molar-refractivity contribution >= 4 is 10.0 Å². The SMILES string of the molecule is CC[C@@H](C)c1cc(S(=O)(=O)N2CCCCC2)ccc1OC. The minimum atomic E-state index is -3.37. The molecule has 0 bridgehead atoms. The van der Waals surface area contributed by atoms with E-state index >= 15 is 0 Å². The number of hydrogen-bond donors (Lipinski definition) is 0. The largest absolute Gasteiger partial charge is 0.496 e. The summed E-state index contributed by atoms with van der Waals surface area (Å²) < 4.78 is 32.5. The van der Waals surface area contributed by atoms with Gasteiger partial charge in [0.1, 0.15) is 5.75 Å². The Hall–Kier alpha value is -1.07. The summed E-state index contributed by atoms with van der Waals surface area (Å²) in [7, 11) is -1.75. The summed E-state index contributed by atoms with van der Waals surface area (Å²) in [4.78, 5) is 0.389. The standard InChI is InChI=1S/C16H25NO3S/c1-4-13(2)15-12-14(8-9-16(15)20-3)21(18,19)17-10-6-5-7-11-17/h8-9,12-13H,4-7,10-11H2,1-3H3/t13-/m1/s1. The summed E-state index contributed by atoms with van der Waals surface area (Å²) in [5.41, 5.74) is 0.970. The molecule has 1 atom stereocenters. The molecule has 1 aliphatic heterocycles. The van der Waals surface area contributed by atoms with Crippen LogP contribution in [0.25, 0.3) is 0 Å². The second-order valence-electron chi connectivity index (χ2n) is 5.68. The summed E-state index contributed by atoms with van der Waals surface area (Å²) >= 11 is 0. The molecule has 2 rings (SSSR count). The highest BCUT2D eigenvalue weighted by molar-refractivity contribution is 7.89. The predicted molar refractivity (Wildman–Crippen MR) is 84.3 cm³/mol. The van der Waals surface area contributed by atoms with Crippen LogP contribution >= 0.6 is 0 Å². The van der Waals surface area contributed by atoms with Crippen molar-refractivity contribution in [3.8, 4) is 5.75 Å². The summed E-state index contributed by atoms with van der Waals surface area (Å²) in [5, 5.41) is 0. The maximum absolute atomic E-state index is 12.7. The number of rotatable bonds is 5. The van der Waals surface area contributed by atoms with Crippen LogP contribution in [0.5, 0.6) is 5.75 Å². The first kappa shape index (κ1) is 16.3. The van der Waals surface area contributed by atoms with Gasteiger partial charge in [-0.25, -0.2) is 8.42 Å². The molecule has 0 aromatic heterocycles. The lowest BCUT2D eigenvalue weighted by Gasteiger charge is -2.26. The van der Waals surface area contributed by atoms with Crippen molar-refractivity contribution in [1.29, 1.82) is 0 Å². The van der Waals surface area contributed by atoms with Crippen molar-refractivity contribution in [3.63, 3.8) is 0 Å². The fourth-order valence-electron chi connectivity index (χ4n) is 2.73. The van der Waals surface area contributed by atoms with Crippen LogP contribution in [-0.2, 0) is 10.0 Å². The highest BCUT2D eigenvalue weighted by atomic mass is 32.2. The van der Waals surface area contributed by atoms with Gasteiger partial charge in [-0.2, -0.15) is 4.31 Å². The van der Waals surface area contributed by atoms with E-state index in [-0.39, 0.29) is 5.92 Å². The lowest BCUT2D eigenvalue weighted by molar-refractivity contribution is 0.346. The molecule has 118 valence electrons. The van der Waals surface area contributed by atoms with Gasteiger partial charge in [-0.3, -0.25) is 0 Å². The minimum absolute atomic E-state index is 0.274. The van der Waals surface area contributed by atoms with Gasteiger partial charge in [0.15, 0.2) is 0 Å². The van der Waals surface area contributed by atoms with E-state index in [4.69, 9.17) is 4.74 Å². The van der Waals surface area contributed by atoms with E-state index < -0.39 is 10.0 Å². The van der Waals surface area contributed by atoms with Gasteiger partial charge in [-0.1, -0.05) is 20.3 Å². The number of piperidine rings is 1. The van der Waals surface area contributed by atoms with E-state index in [1.165, 1.54) is 0 Å². The van der Waals surface area contributed by atoms with E-state index in [0.717, 1.165) is 37.0 Å². The highest BCUT2D eigenvalue weighted by Gasteiger charge is 2.27. The first-order chi connectivity index (χ1) is 10.0. The first-order valence-electron chi connectivity index (χ1n) is 7.68. The molecule has 0 amide bonds. The average Bonchev–Trinajstić information content (AvgIpc) is 2.54. The maximum Gasteiger partial charge on any atom is 0.243 e. The van der Waals surface area contributed by atoms with E-state index in [2.05, 4.69) is 13.8 Å². The van der Waals surface area contributed by atoms with Crippen LogP contribution in [0.2, 0.25) is 0 Å². The zero-order chi connectivity index (χ0) is 15.5. The number of hydrogen-bond acceptors (Lipinski definition) is 3. The molecule has 0 radical (unpaired) electrons. The molecule has 1 aromatic carbocycles. The Morgan fingerprint density at radius 2 is 1.90 bits per heavy atom. The predicted octanol–water partition coefficient (Wildman–Crippen LogP) is 3.38. The van der Waals surface area contributed by atoms with Gasteiger partial charge in [-0.15, -0.1) is 0 Å². The Balaban J connectivity index is 2.39. The molecule has 21 heavy (non-hydrogen) atoms. The van der Waals surface area contributed by atoms with E-state index in [1.54, 1.807) is 29.6 Å². The first-order valence-corrected chi connectivity index (χ1v) is 9.12. The van der Waals surface area contributed by atoms with E-state index in [9.17, 15) is 8.42 Å². The molecule has 1 heterocycles. The molecule has 1 saturated heterocycles. The van der Waals surface area contributed by atoms with Crippen molar-refractivity contribution < 1.29 is 13.2 Å². The smallest absolute Gasteiger partial charge is 0.243 e. The fraction of sp³-hybridized carbons (Fsp3) is 0.625. The number of methoxy groups -OCH3 is 1. The quantitative estimate of drug-likeness (QED) is 0.837. The Morgan fingerprint density at radius 3 is 2.48 bits per heavy atom. The average molecular weight is 311 g/mol. The second-order valence-corrected chi connectivity index (χ2v) is 7.62. The van der Waals surface area contributed by atoms with Crippen LogP contribution in [-0.4, -0.2) is 32.9 Å². The van der Waals surface area contributed by atoms with Crippen LogP contribution in [0.4, 0.5) is 0 Å². The lowest BCUT2D eigenvalue weighted by Crippen LogP contribution is -2.35. The number of ether oxygens (including phenoxy) is 1. The molecule has 5 heteroatoms. The van der Waals surface area contributed by atoms with Gasteiger partial charge in [0.2, 0.25) is 10.0 Å². The fourth-order valence-corrected chi connectivity index (χ4v) is 4.29. The molecule has 1 aromatic rings. The molecule has 0 unspecified atom stereocenters. The molecule has 1 fully saturated rings. The van der Waals surface area contributed by atoms with Crippen LogP contribution in [0, 0.1) is 0 Å². The topological polar surface area (TPSA) is 46.6 Å². The molecular formula is C16H25NO3S. The third-order valence-corrected chi connectivity index (χ3v) is 6.19. The Bertz CT molecular complexity index is 577. The summed E-state index contributed by atoms with van der Waals surface area (Å²) in [6, 6.07) is 5.23. The number of benzene rings is 1. The molecule has 0 aliphatic carbocycles. The van der Waals surface area contributed by atoms with Crippen LogP contribution in [0.1, 0.15) is 51.0 Å². The van der Waals surface area contributed by atoms with E-state index in [0.29, 0.717) is 18.0 Å². The van der Waals surface area contributed by atoms with Gasteiger partial charge in [0, 0.05) is 13.1 Å². The molecule has 0 N–H and O–H groups in total. The summed E-state index contributed by atoms with van der Waals surface area (Å²) in [5.74, 6) is 1.04. The molecule has 1 aliphatic rings. The van der Waals surface area contributed by atoms with Crippen LogP contribution in [0.15, 0.2) is 23.1 Å². The zero-order valence-corrected chi connectivity index (χ0v) is 13.9.